The molecule has 1 amide bonds. The van der Waals surface area contributed by atoms with E-state index >= 15 is 0 Å². The lowest BCUT2D eigenvalue weighted by Crippen LogP contribution is -2.58. The van der Waals surface area contributed by atoms with Gasteiger partial charge in [-0.1, -0.05) is 63.9 Å². The molecule has 2 aromatic heterocycles. The minimum absolute atomic E-state index is 0.0740. The number of amides is 1. The van der Waals surface area contributed by atoms with Crippen molar-refractivity contribution >= 4 is 30.8 Å². The van der Waals surface area contributed by atoms with Gasteiger partial charge in [0.25, 0.3) is 5.91 Å². The molecule has 3 heterocycles. The van der Waals surface area contributed by atoms with Crippen molar-refractivity contribution < 1.29 is 9.22 Å². The normalized spacial score (nSPS) is 19.7. The highest BCUT2D eigenvalue weighted by Crippen LogP contribution is 2.42. The van der Waals surface area contributed by atoms with E-state index in [1.54, 1.807) is 0 Å². The van der Waals surface area contributed by atoms with Crippen molar-refractivity contribution in [2.24, 2.45) is 7.05 Å². The van der Waals surface area contributed by atoms with Crippen LogP contribution < -0.4 is 4.90 Å². The van der Waals surface area contributed by atoms with Crippen LogP contribution in [0.5, 0.6) is 0 Å². The number of carbonyl (C=O) groups is 1. The van der Waals surface area contributed by atoms with Gasteiger partial charge in [0.15, 0.2) is 8.32 Å². The van der Waals surface area contributed by atoms with Crippen molar-refractivity contribution in [1.29, 1.82) is 0 Å². The molecule has 1 aliphatic carbocycles. The first-order chi connectivity index (χ1) is 20.4. The Labute approximate surface area is 257 Å². The molecule has 1 aliphatic heterocycles. The number of hydrogen-bond donors (Lipinski definition) is 0. The zero-order valence-electron chi connectivity index (χ0n) is 26.7. The molecule has 6 rings (SSSR count). The molecule has 0 saturated heterocycles. The van der Waals surface area contributed by atoms with Crippen LogP contribution in [-0.4, -0.2) is 59.8 Å². The monoisotopic (exact) mass is 595 g/mol. The summed E-state index contributed by atoms with van der Waals surface area (Å²) in [4.78, 5) is 23.6. The summed E-state index contributed by atoms with van der Waals surface area (Å²) in [6.07, 6.45) is 10.8. The van der Waals surface area contributed by atoms with Crippen LogP contribution in [0.25, 0.3) is 22.0 Å². The third-order valence-corrected chi connectivity index (χ3v) is 14.4. The van der Waals surface area contributed by atoms with Crippen LogP contribution in [-0.2, 0) is 17.9 Å². The van der Waals surface area contributed by atoms with E-state index in [9.17, 15) is 4.79 Å². The van der Waals surface area contributed by atoms with Crippen LogP contribution in [0.1, 0.15) is 67.9 Å². The number of rotatable bonds is 6. The van der Waals surface area contributed by atoms with Gasteiger partial charge in [0.1, 0.15) is 0 Å². The Morgan fingerprint density at radius 1 is 1.02 bits per heavy atom. The molecule has 2 aliphatic rings. The van der Waals surface area contributed by atoms with Gasteiger partial charge in [-0.25, -0.2) is 0 Å². The van der Waals surface area contributed by atoms with Crippen molar-refractivity contribution in [3.05, 3.63) is 77.7 Å². The van der Waals surface area contributed by atoms with Crippen molar-refractivity contribution in [2.45, 2.75) is 83.2 Å². The van der Waals surface area contributed by atoms with E-state index in [0.29, 0.717) is 6.67 Å². The summed E-state index contributed by atoms with van der Waals surface area (Å²) in [5.74, 6) is 0.101. The zero-order chi connectivity index (χ0) is 30.5. The third kappa shape index (κ3) is 5.63. The Kier molecular flexibility index (Phi) is 7.71. The van der Waals surface area contributed by atoms with Crippen LogP contribution in [0.4, 0.5) is 5.69 Å². The van der Waals surface area contributed by atoms with Crippen LogP contribution >= 0.6 is 0 Å². The first kappa shape index (κ1) is 29.6. The fourth-order valence-electron chi connectivity index (χ4n) is 6.50. The Morgan fingerprint density at radius 3 is 2.47 bits per heavy atom. The Balaban J connectivity index is 1.34. The summed E-state index contributed by atoms with van der Waals surface area (Å²) in [7, 11) is 2.04. The van der Waals surface area contributed by atoms with Gasteiger partial charge >= 0.3 is 0 Å². The smallest absolute Gasteiger partial charge is 0.257 e. The molecule has 43 heavy (non-hydrogen) atoms. The highest BCUT2D eigenvalue weighted by molar-refractivity contribution is 6.74. The average Bonchev–Trinajstić information content (AvgIpc) is 3.41. The molecule has 226 valence electrons. The summed E-state index contributed by atoms with van der Waals surface area (Å²) in [6, 6.07) is 15.0. The van der Waals surface area contributed by atoms with E-state index in [0.717, 1.165) is 70.9 Å². The molecule has 2 atom stereocenters. The van der Waals surface area contributed by atoms with Gasteiger partial charge in [-0.2, -0.15) is 5.10 Å². The van der Waals surface area contributed by atoms with Crippen molar-refractivity contribution in [3.63, 3.8) is 0 Å². The maximum Gasteiger partial charge on any atom is 0.257 e. The summed E-state index contributed by atoms with van der Waals surface area (Å²) in [6.45, 7) is 12.1. The van der Waals surface area contributed by atoms with Gasteiger partial charge in [0, 0.05) is 37.4 Å². The fraction of sp³-hybridized carbons (Fsp3) is 0.457. The lowest BCUT2D eigenvalue weighted by molar-refractivity contribution is 0.0218. The SMILES string of the molecule is CN1CN([C@H]2CCCC[C@@H]2O[Si](C)(C)C(C)(C)C)C(=O)c2cc(Cc3ccc(-c4cnn(C)c4)cc3)c3cccnc3c21. The van der Waals surface area contributed by atoms with Gasteiger partial charge in [-0.05, 0) is 66.2 Å². The second kappa shape index (κ2) is 11.2. The fourth-order valence-corrected chi connectivity index (χ4v) is 7.89. The minimum atomic E-state index is -1.99. The number of aryl methyl sites for hydroxylation is 1. The number of anilines is 1. The van der Waals surface area contributed by atoms with Crippen LogP contribution in [0, 0.1) is 0 Å². The Hall–Kier alpha value is -3.49. The summed E-state index contributed by atoms with van der Waals surface area (Å²) in [5, 5.41) is 5.53. The average molecular weight is 596 g/mol. The van der Waals surface area contributed by atoms with Gasteiger partial charge < -0.3 is 14.2 Å². The predicted molar refractivity (Wildman–Crippen MR) is 177 cm³/mol. The summed E-state index contributed by atoms with van der Waals surface area (Å²) < 4.78 is 8.83. The Bertz CT molecular complexity index is 1640. The molecule has 2 aromatic carbocycles. The maximum absolute atomic E-state index is 14.4. The highest BCUT2D eigenvalue weighted by atomic mass is 28.4. The molecule has 7 nitrogen and oxygen atoms in total. The third-order valence-electron chi connectivity index (χ3n) is 9.90. The molecule has 0 radical (unpaired) electrons. The lowest BCUT2D eigenvalue weighted by Gasteiger charge is -2.48. The summed E-state index contributed by atoms with van der Waals surface area (Å²) >= 11 is 0. The van der Waals surface area contributed by atoms with E-state index in [4.69, 9.17) is 9.41 Å². The highest BCUT2D eigenvalue weighted by Gasteiger charge is 2.44. The van der Waals surface area contributed by atoms with E-state index in [2.05, 4.69) is 92.2 Å². The topological polar surface area (TPSA) is 63.5 Å². The van der Waals surface area contributed by atoms with Crippen LogP contribution in [0.15, 0.2) is 61.1 Å². The van der Waals surface area contributed by atoms with Crippen molar-refractivity contribution in [1.82, 2.24) is 19.7 Å². The maximum atomic E-state index is 14.4. The van der Waals surface area contributed by atoms with Crippen LogP contribution in [0.2, 0.25) is 18.1 Å². The molecular formula is C35H45N5O2Si. The molecule has 0 bridgehead atoms. The number of aromatic nitrogens is 3. The van der Waals surface area contributed by atoms with Crippen molar-refractivity contribution in [2.75, 3.05) is 18.6 Å². The van der Waals surface area contributed by atoms with E-state index in [1.807, 2.05) is 36.4 Å². The molecule has 0 N–H and O–H groups in total. The number of pyridine rings is 1. The standard InChI is InChI=1S/C35H45N5O2Si/c1-35(2,3)43(6,7)42-31-13-9-8-12-30(31)40-23-38(4)33-29(34(40)41)20-26(28-11-10-18-36-32(28)33)19-24-14-16-25(17-15-24)27-21-37-39(5)22-27/h10-11,14-18,20-22,30-31H,8-9,12-13,19,23H2,1-7H3/t30-,31-/m0/s1. The quantitative estimate of drug-likeness (QED) is 0.217. The van der Waals surface area contributed by atoms with E-state index in [-0.39, 0.29) is 23.1 Å². The second-order valence-electron chi connectivity index (χ2n) is 14.0. The van der Waals surface area contributed by atoms with Gasteiger partial charge in [0.05, 0.1) is 41.8 Å². The zero-order valence-corrected chi connectivity index (χ0v) is 27.7. The first-order valence-electron chi connectivity index (χ1n) is 15.6. The van der Waals surface area contributed by atoms with Crippen molar-refractivity contribution in [3.8, 4) is 11.1 Å². The number of carbonyl (C=O) groups excluding carboxylic acids is 1. The predicted octanol–water partition coefficient (Wildman–Crippen LogP) is 7.41. The largest absolute Gasteiger partial charge is 0.412 e. The lowest BCUT2D eigenvalue weighted by atomic mass is 9.89. The van der Waals surface area contributed by atoms with E-state index in [1.165, 1.54) is 5.56 Å². The number of hydrogen-bond acceptors (Lipinski definition) is 5. The molecule has 1 saturated carbocycles. The molecule has 0 unspecified atom stereocenters. The number of benzene rings is 2. The second-order valence-corrected chi connectivity index (χ2v) is 18.7. The number of fused-ring (bicyclic) bond motifs is 3. The van der Waals surface area contributed by atoms with Gasteiger partial charge in [0.2, 0.25) is 0 Å². The molecule has 1 fully saturated rings. The first-order valence-corrected chi connectivity index (χ1v) is 18.5. The molecule has 0 spiro atoms. The number of nitrogens with zero attached hydrogens (tertiary/aromatic N) is 5. The minimum Gasteiger partial charge on any atom is -0.412 e. The Morgan fingerprint density at radius 2 is 1.77 bits per heavy atom. The molecule has 4 aromatic rings. The summed E-state index contributed by atoms with van der Waals surface area (Å²) in [5.41, 5.74) is 7.14. The van der Waals surface area contributed by atoms with Crippen LogP contribution in [0.3, 0.4) is 0 Å². The molecular weight excluding hydrogens is 551 g/mol. The molecule has 8 heteroatoms. The van der Waals surface area contributed by atoms with Gasteiger partial charge in [-0.3, -0.25) is 14.5 Å². The van der Waals surface area contributed by atoms with Gasteiger partial charge in [-0.15, -0.1) is 0 Å². The van der Waals surface area contributed by atoms with E-state index < -0.39 is 8.32 Å².